The van der Waals surface area contributed by atoms with Gasteiger partial charge in [-0.15, -0.1) is 0 Å². The van der Waals surface area contributed by atoms with Gasteiger partial charge in [0.1, 0.15) is 10.2 Å². The lowest BCUT2D eigenvalue weighted by atomic mass is 10.1. The molecule has 0 unspecified atom stereocenters. The summed E-state index contributed by atoms with van der Waals surface area (Å²) in [7, 11) is 3.45. The van der Waals surface area contributed by atoms with E-state index >= 15 is 0 Å². The Bertz CT molecular complexity index is 385. The second kappa shape index (κ2) is 5.19. The number of halogens is 2. The molecule has 0 saturated heterocycles. The molecule has 0 aliphatic rings. The first kappa shape index (κ1) is 12.1. The van der Waals surface area contributed by atoms with Crippen LogP contribution in [-0.4, -0.2) is 24.8 Å². The average molecular weight is 244 g/mol. The Morgan fingerprint density at radius 3 is 2.13 bits per heavy atom. The van der Waals surface area contributed by atoms with E-state index in [1.165, 1.54) is 0 Å². The van der Waals surface area contributed by atoms with Crippen LogP contribution in [0.1, 0.15) is 10.4 Å². The second-order valence-corrected chi connectivity index (χ2v) is 3.93. The number of carbonyl (C=O) groups is 1. The molecule has 0 aromatic heterocycles. The number of hydrogen-bond donors (Lipinski definition) is 0. The van der Waals surface area contributed by atoms with Crippen LogP contribution in [0.2, 0.25) is 0 Å². The van der Waals surface area contributed by atoms with Gasteiger partial charge in [-0.25, -0.2) is 0 Å². The lowest BCUT2D eigenvalue weighted by Gasteiger charge is -2.11. The van der Waals surface area contributed by atoms with E-state index in [0.717, 1.165) is 0 Å². The first-order chi connectivity index (χ1) is 7.04. The molecule has 0 spiro atoms. The van der Waals surface area contributed by atoms with Crippen LogP contribution in [0, 0.1) is 0 Å². The zero-order valence-corrected chi connectivity index (χ0v) is 10.0. The van der Waals surface area contributed by atoms with Crippen molar-refractivity contribution in [3.8, 4) is 0 Å². The third kappa shape index (κ3) is 2.98. The first-order valence-corrected chi connectivity index (χ1v) is 5.12. The van der Waals surface area contributed by atoms with Crippen LogP contribution in [0.3, 0.4) is 0 Å². The lowest BCUT2D eigenvalue weighted by Crippen LogP contribution is -2.11. The summed E-state index contributed by atoms with van der Waals surface area (Å²) < 4.78 is 0. The Morgan fingerprint density at radius 2 is 1.67 bits per heavy atom. The summed E-state index contributed by atoms with van der Waals surface area (Å²) in [4.78, 5) is 13.4. The number of benzene rings is 1. The minimum Gasteiger partial charge on any atom is -0.367 e. The van der Waals surface area contributed by atoms with Gasteiger partial charge in [0, 0.05) is 19.7 Å². The molecule has 0 radical (unpaired) electrons. The minimum atomic E-state index is -0.268. The van der Waals surface area contributed by atoms with Crippen LogP contribution >= 0.6 is 23.2 Å². The fourth-order valence-corrected chi connectivity index (χ4v) is 1.37. The van der Waals surface area contributed by atoms with Gasteiger partial charge < -0.3 is 4.90 Å². The highest BCUT2D eigenvalue weighted by Crippen LogP contribution is 2.20. The maximum atomic E-state index is 11.8. The third-order valence-corrected chi connectivity index (χ3v) is 2.78. The summed E-state index contributed by atoms with van der Waals surface area (Å²) in [6.45, 7) is 0. The van der Waals surface area contributed by atoms with Crippen molar-refractivity contribution in [1.29, 1.82) is 0 Å². The average Bonchev–Trinajstić information content (AvgIpc) is 2.27. The van der Waals surface area contributed by atoms with Crippen LogP contribution in [-0.2, 0) is 0 Å². The highest BCUT2D eigenvalue weighted by atomic mass is 35.5. The van der Waals surface area contributed by atoms with Crippen molar-refractivity contribution in [3.63, 3.8) is 0 Å². The molecule has 0 atom stereocenters. The molecule has 2 nitrogen and oxygen atoms in total. The molecule has 0 heterocycles. The van der Waals surface area contributed by atoms with E-state index in [4.69, 9.17) is 23.2 Å². The van der Waals surface area contributed by atoms with Gasteiger partial charge in [0.15, 0.2) is 0 Å². The number of Topliss-reactive ketones (excluding diaryl/α,β-unsaturated/α-hetero) is 1. The van der Waals surface area contributed by atoms with Crippen LogP contribution in [0.15, 0.2) is 40.5 Å². The van der Waals surface area contributed by atoms with Crippen molar-refractivity contribution in [1.82, 2.24) is 4.90 Å². The lowest BCUT2D eigenvalue weighted by molar-refractivity contribution is 0.104. The van der Waals surface area contributed by atoms with Gasteiger partial charge in [0.25, 0.3) is 0 Å². The van der Waals surface area contributed by atoms with Crippen LogP contribution in [0.5, 0.6) is 0 Å². The van der Waals surface area contributed by atoms with Crippen LogP contribution in [0.4, 0.5) is 0 Å². The zero-order valence-electron chi connectivity index (χ0n) is 8.50. The van der Waals surface area contributed by atoms with E-state index in [0.29, 0.717) is 5.56 Å². The Morgan fingerprint density at radius 1 is 1.13 bits per heavy atom. The van der Waals surface area contributed by atoms with E-state index in [2.05, 4.69) is 0 Å². The number of allylic oxidation sites excluding steroid dienone is 1. The molecule has 0 aliphatic carbocycles. The third-order valence-electron chi connectivity index (χ3n) is 1.81. The van der Waals surface area contributed by atoms with E-state index < -0.39 is 0 Å². The maximum Gasteiger partial charge on any atom is 0.207 e. The first-order valence-electron chi connectivity index (χ1n) is 4.36. The molecule has 0 saturated carbocycles. The maximum absolute atomic E-state index is 11.8. The van der Waals surface area contributed by atoms with E-state index in [1.54, 1.807) is 43.3 Å². The predicted octanol–water partition coefficient (Wildman–Crippen LogP) is 3.08. The molecule has 4 heteroatoms. The standard InChI is InChI=1S/C11H11Cl2NO/c1-14(2)11(13)9(12)10(15)8-6-4-3-5-7-8/h3-7H,1-2H3. The molecule has 0 N–H and O–H groups in total. The fraction of sp³-hybridized carbons (Fsp3) is 0.182. The monoisotopic (exact) mass is 243 g/mol. The molecule has 0 fully saturated rings. The number of hydrogen-bond acceptors (Lipinski definition) is 2. The topological polar surface area (TPSA) is 20.3 Å². The summed E-state index contributed by atoms with van der Waals surface area (Å²) in [6, 6.07) is 8.79. The van der Waals surface area contributed by atoms with Gasteiger partial charge >= 0.3 is 0 Å². The molecular weight excluding hydrogens is 233 g/mol. The van der Waals surface area contributed by atoms with Crippen molar-refractivity contribution >= 4 is 29.0 Å². The van der Waals surface area contributed by atoms with E-state index in [1.807, 2.05) is 6.07 Å². The molecule has 1 aromatic carbocycles. The van der Waals surface area contributed by atoms with Gasteiger partial charge in [-0.2, -0.15) is 0 Å². The normalized spacial score (nSPS) is 12.0. The molecule has 0 bridgehead atoms. The van der Waals surface area contributed by atoms with Gasteiger partial charge in [-0.3, -0.25) is 4.79 Å². The summed E-state index contributed by atoms with van der Waals surface area (Å²) in [5.41, 5.74) is 0.530. The number of rotatable bonds is 3. The molecule has 1 rings (SSSR count). The van der Waals surface area contributed by atoms with Crippen molar-refractivity contribution in [2.75, 3.05) is 14.1 Å². The largest absolute Gasteiger partial charge is 0.367 e. The fourth-order valence-electron chi connectivity index (χ4n) is 1.01. The van der Waals surface area contributed by atoms with E-state index in [9.17, 15) is 4.79 Å². The van der Waals surface area contributed by atoms with Gasteiger partial charge in [0.05, 0.1) is 0 Å². The zero-order chi connectivity index (χ0) is 11.4. The van der Waals surface area contributed by atoms with Crippen molar-refractivity contribution in [3.05, 3.63) is 46.1 Å². The number of nitrogens with zero attached hydrogens (tertiary/aromatic N) is 1. The van der Waals surface area contributed by atoms with Gasteiger partial charge in [-0.1, -0.05) is 53.5 Å². The molecule has 1 aromatic rings. The molecule has 0 amide bonds. The van der Waals surface area contributed by atoms with Crippen molar-refractivity contribution < 1.29 is 4.79 Å². The Hall–Kier alpha value is -0.990. The van der Waals surface area contributed by atoms with Crippen molar-refractivity contribution in [2.45, 2.75) is 0 Å². The molecule has 0 aliphatic heterocycles. The van der Waals surface area contributed by atoms with Gasteiger partial charge in [0.2, 0.25) is 5.78 Å². The quantitative estimate of drug-likeness (QED) is 0.462. The number of carbonyl (C=O) groups excluding carboxylic acids is 1. The van der Waals surface area contributed by atoms with Crippen molar-refractivity contribution in [2.24, 2.45) is 0 Å². The van der Waals surface area contributed by atoms with Crippen LogP contribution < -0.4 is 0 Å². The summed E-state index contributed by atoms with van der Waals surface area (Å²) >= 11 is 11.7. The summed E-state index contributed by atoms with van der Waals surface area (Å²) in [6.07, 6.45) is 0. The number of ketones is 1. The Labute approximate surface area is 99.1 Å². The predicted molar refractivity (Wildman–Crippen MR) is 63.2 cm³/mol. The molecular formula is C11H11Cl2NO. The highest BCUT2D eigenvalue weighted by molar-refractivity contribution is 6.50. The van der Waals surface area contributed by atoms with Gasteiger partial charge in [-0.05, 0) is 0 Å². The Balaban J connectivity index is 3.01. The minimum absolute atomic E-state index is 0.0351. The molecule has 80 valence electrons. The van der Waals surface area contributed by atoms with E-state index in [-0.39, 0.29) is 16.0 Å². The highest BCUT2D eigenvalue weighted by Gasteiger charge is 2.14. The van der Waals surface area contributed by atoms with Crippen LogP contribution in [0.25, 0.3) is 0 Å². The SMILES string of the molecule is CN(C)C(Cl)=C(Cl)C(=O)c1ccccc1. The molecule has 15 heavy (non-hydrogen) atoms. The Kier molecular flexibility index (Phi) is 4.18. The summed E-state index contributed by atoms with van der Waals surface area (Å²) in [5.74, 6) is -0.268. The smallest absolute Gasteiger partial charge is 0.207 e. The second-order valence-electron chi connectivity index (χ2n) is 3.19. The summed E-state index contributed by atoms with van der Waals surface area (Å²) in [5, 5.41) is 0.276.